The minimum atomic E-state index is -0.883. The first-order valence-corrected chi connectivity index (χ1v) is 9.28. The number of carboxylic acids is 1. The zero-order valence-electron chi connectivity index (χ0n) is 14.4. The van der Waals surface area contributed by atoms with E-state index in [1.54, 1.807) is 0 Å². The van der Waals surface area contributed by atoms with Crippen LogP contribution in [0.4, 0.5) is 0 Å². The average Bonchev–Trinajstić information content (AvgIpc) is 3.26. The second-order valence-electron chi connectivity index (χ2n) is 6.02. The molecule has 1 aromatic carbocycles. The molecular formula is C18H20N2O5S. The number of hydrogen-bond donors (Lipinski definition) is 2. The van der Waals surface area contributed by atoms with Gasteiger partial charge in [0.25, 0.3) is 0 Å². The van der Waals surface area contributed by atoms with Crippen LogP contribution in [0.5, 0.6) is 11.5 Å². The fraction of sp³-hybridized carbons (Fsp3) is 0.389. The molecule has 1 aliphatic rings. The minimum absolute atomic E-state index is 0.125. The van der Waals surface area contributed by atoms with E-state index in [1.807, 2.05) is 30.5 Å². The topological polar surface area (TPSA) is 97.8 Å². The SMILES string of the molecule is CCCC(CNC(=O)Cc1csc(-c2ccc3c(c2)OCO3)n1)C(=O)O. The van der Waals surface area contributed by atoms with Crippen LogP contribution in [0.2, 0.25) is 0 Å². The summed E-state index contributed by atoms with van der Waals surface area (Å²) in [6.07, 6.45) is 1.43. The first-order valence-electron chi connectivity index (χ1n) is 8.40. The lowest BCUT2D eigenvalue weighted by molar-refractivity contribution is -0.141. The van der Waals surface area contributed by atoms with Gasteiger partial charge in [0.15, 0.2) is 11.5 Å². The highest BCUT2D eigenvalue weighted by Gasteiger charge is 2.18. The highest BCUT2D eigenvalue weighted by Crippen LogP contribution is 2.36. The van der Waals surface area contributed by atoms with Gasteiger partial charge >= 0.3 is 5.97 Å². The summed E-state index contributed by atoms with van der Waals surface area (Å²) in [7, 11) is 0. The van der Waals surface area contributed by atoms with Crippen LogP contribution in [0, 0.1) is 5.92 Å². The normalized spacial score (nSPS) is 13.4. The van der Waals surface area contributed by atoms with Gasteiger partial charge in [-0.2, -0.15) is 0 Å². The summed E-state index contributed by atoms with van der Waals surface area (Å²) in [5.41, 5.74) is 1.56. The van der Waals surface area contributed by atoms with E-state index >= 15 is 0 Å². The Labute approximate surface area is 155 Å². The molecule has 26 heavy (non-hydrogen) atoms. The number of ether oxygens (including phenoxy) is 2. The lowest BCUT2D eigenvalue weighted by Crippen LogP contribution is -2.33. The van der Waals surface area contributed by atoms with Crippen molar-refractivity contribution < 1.29 is 24.2 Å². The summed E-state index contributed by atoms with van der Waals surface area (Å²) in [4.78, 5) is 27.7. The zero-order chi connectivity index (χ0) is 18.5. The number of hydrogen-bond acceptors (Lipinski definition) is 6. The van der Waals surface area contributed by atoms with Gasteiger partial charge in [-0.25, -0.2) is 4.98 Å². The van der Waals surface area contributed by atoms with Gasteiger partial charge < -0.3 is 19.9 Å². The molecule has 1 aromatic heterocycles. The van der Waals surface area contributed by atoms with Crippen molar-refractivity contribution in [1.29, 1.82) is 0 Å². The van der Waals surface area contributed by atoms with Gasteiger partial charge in [-0.15, -0.1) is 11.3 Å². The van der Waals surface area contributed by atoms with Crippen molar-refractivity contribution in [3.63, 3.8) is 0 Å². The van der Waals surface area contributed by atoms with Crippen LogP contribution < -0.4 is 14.8 Å². The molecule has 0 radical (unpaired) electrons. The minimum Gasteiger partial charge on any atom is -0.481 e. The van der Waals surface area contributed by atoms with Crippen LogP contribution in [-0.4, -0.2) is 35.3 Å². The number of aromatic nitrogens is 1. The second kappa shape index (κ2) is 8.18. The van der Waals surface area contributed by atoms with Crippen molar-refractivity contribution in [3.05, 3.63) is 29.3 Å². The maximum Gasteiger partial charge on any atom is 0.308 e. The van der Waals surface area contributed by atoms with Gasteiger partial charge in [0, 0.05) is 17.5 Å². The first kappa shape index (κ1) is 18.2. The fourth-order valence-electron chi connectivity index (χ4n) is 2.68. The summed E-state index contributed by atoms with van der Waals surface area (Å²) < 4.78 is 10.7. The number of thiazole rings is 1. The van der Waals surface area contributed by atoms with E-state index in [9.17, 15) is 9.59 Å². The second-order valence-corrected chi connectivity index (χ2v) is 6.87. The van der Waals surface area contributed by atoms with E-state index < -0.39 is 11.9 Å². The highest BCUT2D eigenvalue weighted by atomic mass is 32.1. The van der Waals surface area contributed by atoms with Crippen LogP contribution in [0.3, 0.4) is 0 Å². The van der Waals surface area contributed by atoms with Crippen LogP contribution in [-0.2, 0) is 16.0 Å². The Morgan fingerprint density at radius 2 is 2.15 bits per heavy atom. The molecule has 1 aliphatic heterocycles. The van der Waals surface area contributed by atoms with Crippen LogP contribution >= 0.6 is 11.3 Å². The smallest absolute Gasteiger partial charge is 0.308 e. The molecular weight excluding hydrogens is 356 g/mol. The number of fused-ring (bicyclic) bond motifs is 1. The van der Waals surface area contributed by atoms with Crippen molar-refractivity contribution in [1.82, 2.24) is 10.3 Å². The summed E-state index contributed by atoms with van der Waals surface area (Å²) in [6, 6.07) is 5.61. The van der Waals surface area contributed by atoms with Crippen LogP contribution in [0.15, 0.2) is 23.6 Å². The Bertz CT molecular complexity index is 805. The number of amides is 1. The standard InChI is InChI=1S/C18H20N2O5S/c1-2-3-12(18(22)23)8-19-16(21)7-13-9-26-17(20-13)11-4-5-14-15(6-11)25-10-24-14/h4-6,9,12H,2-3,7-8,10H2,1H3,(H,19,21)(H,22,23). The van der Waals surface area contributed by atoms with Gasteiger partial charge in [0.05, 0.1) is 18.0 Å². The van der Waals surface area contributed by atoms with Crippen LogP contribution in [0.25, 0.3) is 10.6 Å². The Kier molecular flexibility index (Phi) is 5.72. The predicted molar refractivity (Wildman–Crippen MR) is 96.4 cm³/mol. The van der Waals surface area contributed by atoms with Crippen molar-refractivity contribution in [2.24, 2.45) is 5.92 Å². The molecule has 8 heteroatoms. The summed E-state index contributed by atoms with van der Waals surface area (Å²) >= 11 is 1.45. The Morgan fingerprint density at radius 1 is 1.35 bits per heavy atom. The lowest BCUT2D eigenvalue weighted by atomic mass is 10.0. The molecule has 2 N–H and O–H groups in total. The number of rotatable bonds is 8. The number of benzene rings is 1. The molecule has 1 atom stereocenters. The maximum atomic E-state index is 12.1. The molecule has 3 rings (SSSR count). The number of carbonyl (C=O) groups excluding carboxylic acids is 1. The molecule has 0 bridgehead atoms. The van der Waals surface area contributed by atoms with E-state index in [1.165, 1.54) is 11.3 Å². The van der Waals surface area contributed by atoms with Gasteiger partial charge in [-0.05, 0) is 24.6 Å². The molecule has 2 aromatic rings. The van der Waals surface area contributed by atoms with Gasteiger partial charge in [0.2, 0.25) is 12.7 Å². The van der Waals surface area contributed by atoms with E-state index in [0.29, 0.717) is 23.6 Å². The van der Waals surface area contributed by atoms with E-state index in [-0.39, 0.29) is 25.7 Å². The highest BCUT2D eigenvalue weighted by molar-refractivity contribution is 7.13. The molecule has 138 valence electrons. The van der Waals surface area contributed by atoms with E-state index in [0.717, 1.165) is 17.0 Å². The molecule has 0 saturated heterocycles. The van der Waals surface area contributed by atoms with Crippen molar-refractivity contribution in [3.8, 4) is 22.1 Å². The predicted octanol–water partition coefficient (Wildman–Crippen LogP) is 2.70. The monoisotopic (exact) mass is 376 g/mol. The van der Waals surface area contributed by atoms with Gasteiger partial charge in [-0.3, -0.25) is 9.59 Å². The molecule has 1 unspecified atom stereocenters. The summed E-state index contributed by atoms with van der Waals surface area (Å²) in [5, 5.41) is 14.4. The molecule has 1 amide bonds. The third kappa shape index (κ3) is 4.32. The number of nitrogens with one attached hydrogen (secondary N) is 1. The molecule has 7 nitrogen and oxygen atoms in total. The molecule has 0 fully saturated rings. The maximum absolute atomic E-state index is 12.1. The fourth-order valence-corrected chi connectivity index (χ4v) is 3.49. The molecule has 0 spiro atoms. The van der Waals surface area contributed by atoms with E-state index in [2.05, 4.69) is 10.3 Å². The van der Waals surface area contributed by atoms with Crippen molar-refractivity contribution >= 4 is 23.2 Å². The Balaban J connectivity index is 1.58. The van der Waals surface area contributed by atoms with Crippen LogP contribution in [0.1, 0.15) is 25.5 Å². The Hall–Kier alpha value is -2.61. The third-order valence-electron chi connectivity index (χ3n) is 4.04. The van der Waals surface area contributed by atoms with Crippen molar-refractivity contribution in [2.45, 2.75) is 26.2 Å². The number of aliphatic carboxylic acids is 1. The molecule has 2 heterocycles. The molecule has 0 saturated carbocycles. The largest absolute Gasteiger partial charge is 0.481 e. The summed E-state index contributed by atoms with van der Waals surface area (Å²) in [6.45, 7) is 2.28. The van der Waals surface area contributed by atoms with E-state index in [4.69, 9.17) is 14.6 Å². The number of nitrogens with zero attached hydrogens (tertiary/aromatic N) is 1. The zero-order valence-corrected chi connectivity index (χ0v) is 15.2. The molecule has 0 aliphatic carbocycles. The van der Waals surface area contributed by atoms with Gasteiger partial charge in [-0.1, -0.05) is 13.3 Å². The van der Waals surface area contributed by atoms with Crippen molar-refractivity contribution in [2.75, 3.05) is 13.3 Å². The third-order valence-corrected chi connectivity index (χ3v) is 4.99. The average molecular weight is 376 g/mol. The first-order chi connectivity index (χ1) is 12.6. The lowest BCUT2D eigenvalue weighted by Gasteiger charge is -2.11. The summed E-state index contributed by atoms with van der Waals surface area (Å²) in [5.74, 6) is -0.262. The quantitative estimate of drug-likeness (QED) is 0.735. The number of carboxylic acid groups (broad SMARTS) is 1. The van der Waals surface area contributed by atoms with Gasteiger partial charge in [0.1, 0.15) is 5.01 Å². The Morgan fingerprint density at radius 3 is 2.92 bits per heavy atom. The number of carbonyl (C=O) groups is 2.